The van der Waals surface area contributed by atoms with Crippen molar-refractivity contribution in [3.63, 3.8) is 0 Å². The Morgan fingerprint density at radius 2 is 1.79 bits per heavy atom. The van der Waals surface area contributed by atoms with Gasteiger partial charge >= 0.3 is 5.97 Å². The van der Waals surface area contributed by atoms with E-state index in [0.29, 0.717) is 18.7 Å². The molecule has 0 bridgehead atoms. The second-order valence-corrected chi connectivity index (χ2v) is 8.15. The van der Waals surface area contributed by atoms with E-state index in [1.807, 2.05) is 19.9 Å². The van der Waals surface area contributed by atoms with E-state index in [1.54, 1.807) is 0 Å². The molecule has 2 aromatic rings. The molecule has 0 radical (unpaired) electrons. The number of nitrogens with one attached hydrogen (secondary N) is 1. The summed E-state index contributed by atoms with van der Waals surface area (Å²) in [5.74, 6) is -0.104. The molecular weight excluding hydrogens is 360 g/mol. The zero-order chi connectivity index (χ0) is 21.4. The summed E-state index contributed by atoms with van der Waals surface area (Å²) in [7, 11) is 0. The van der Waals surface area contributed by atoms with Gasteiger partial charge < -0.3 is 10.1 Å². The first-order valence-electron chi connectivity index (χ1n) is 10.6. The largest absolute Gasteiger partial charge is 0.466 e. The van der Waals surface area contributed by atoms with E-state index < -0.39 is 0 Å². The van der Waals surface area contributed by atoms with E-state index in [4.69, 9.17) is 10.1 Å². The van der Waals surface area contributed by atoms with Crippen LogP contribution in [0.2, 0.25) is 0 Å². The summed E-state index contributed by atoms with van der Waals surface area (Å²) in [5, 5.41) is 8.29. The van der Waals surface area contributed by atoms with Crippen LogP contribution in [0.25, 0.3) is 11.1 Å². The van der Waals surface area contributed by atoms with Gasteiger partial charge in [0.15, 0.2) is 11.9 Å². The van der Waals surface area contributed by atoms with Gasteiger partial charge in [0.05, 0.1) is 6.61 Å². The van der Waals surface area contributed by atoms with E-state index in [0.717, 1.165) is 25.8 Å². The number of carbonyl (C=O) groups excluding carboxylic acids is 1. The molecule has 156 valence electrons. The summed E-state index contributed by atoms with van der Waals surface area (Å²) < 4.78 is 7.31. The number of carbonyl (C=O) groups is 1. The molecule has 0 amide bonds. The lowest BCUT2D eigenvalue weighted by molar-refractivity contribution is -0.703. The third-order valence-electron chi connectivity index (χ3n) is 5.72. The van der Waals surface area contributed by atoms with Gasteiger partial charge in [0.25, 0.3) is 0 Å². The first kappa shape index (κ1) is 22.8. The van der Waals surface area contributed by atoms with E-state index in [-0.39, 0.29) is 11.4 Å². The van der Waals surface area contributed by atoms with Crippen LogP contribution in [0.4, 0.5) is 0 Å². The Morgan fingerprint density at radius 3 is 2.41 bits per heavy atom. The van der Waals surface area contributed by atoms with Gasteiger partial charge in [-0.25, -0.2) is 4.57 Å². The quantitative estimate of drug-likeness (QED) is 0.254. The van der Waals surface area contributed by atoms with Crippen LogP contribution < -0.4 is 4.57 Å². The van der Waals surface area contributed by atoms with Crippen LogP contribution in [0.1, 0.15) is 64.6 Å². The molecule has 1 heterocycles. The van der Waals surface area contributed by atoms with Crippen molar-refractivity contribution in [2.24, 2.45) is 0 Å². The van der Waals surface area contributed by atoms with Gasteiger partial charge in [-0.05, 0) is 38.3 Å². The summed E-state index contributed by atoms with van der Waals surface area (Å²) in [5.41, 5.74) is 5.09. The number of nitrogens with zero attached hydrogens (tertiary/aromatic N) is 1. The molecule has 29 heavy (non-hydrogen) atoms. The highest BCUT2D eigenvalue weighted by Gasteiger charge is 2.30. The van der Waals surface area contributed by atoms with Crippen molar-refractivity contribution < 1.29 is 14.1 Å². The maximum atomic E-state index is 11.5. The normalized spacial score (nSPS) is 11.3. The van der Waals surface area contributed by atoms with Crippen LogP contribution in [0.15, 0.2) is 42.6 Å². The van der Waals surface area contributed by atoms with Crippen molar-refractivity contribution in [1.82, 2.24) is 0 Å². The molecule has 4 heteroatoms. The van der Waals surface area contributed by atoms with Gasteiger partial charge in [0.1, 0.15) is 6.54 Å². The lowest BCUT2D eigenvalue weighted by atomic mass is 9.79. The number of hydrogen-bond acceptors (Lipinski definition) is 3. The van der Waals surface area contributed by atoms with E-state index in [9.17, 15) is 4.79 Å². The van der Waals surface area contributed by atoms with Gasteiger partial charge in [-0.15, -0.1) is 0 Å². The average Bonchev–Trinajstić information content (AvgIpc) is 2.69. The second kappa shape index (κ2) is 10.3. The van der Waals surface area contributed by atoms with E-state index in [1.165, 1.54) is 22.4 Å². The number of hydrogen-bond donors (Lipinski definition) is 1. The van der Waals surface area contributed by atoms with Crippen LogP contribution in [-0.2, 0) is 21.5 Å². The first-order valence-corrected chi connectivity index (χ1v) is 10.6. The fourth-order valence-corrected chi connectivity index (χ4v) is 3.53. The molecule has 1 aromatic carbocycles. The minimum Gasteiger partial charge on any atom is -0.466 e. The lowest BCUT2D eigenvalue weighted by Gasteiger charge is -2.25. The first-order chi connectivity index (χ1) is 13.8. The highest BCUT2D eigenvalue weighted by atomic mass is 16.5. The third-order valence-corrected chi connectivity index (χ3v) is 5.72. The highest BCUT2D eigenvalue weighted by Crippen LogP contribution is 2.30. The van der Waals surface area contributed by atoms with Gasteiger partial charge in [-0.1, -0.05) is 44.2 Å². The number of aromatic nitrogens is 1. The molecule has 0 fully saturated rings. The Hall–Kier alpha value is -2.49. The maximum absolute atomic E-state index is 11.5. The average molecular weight is 396 g/mol. The zero-order valence-electron chi connectivity index (χ0n) is 18.5. The summed E-state index contributed by atoms with van der Waals surface area (Å²) in [6, 6.07) is 12.6. The third kappa shape index (κ3) is 5.99. The molecule has 0 saturated heterocycles. The standard InChI is InChI=1S/C25H35N2O2/c1-6-29-24(28)15-11-8-12-16-27-18-22(21-13-9-7-10-14-21)17-23(19(27)2)25(4,5)20(3)26/h7,9-10,13-14,17-18,26H,6,8,11-12,15-16H2,1-5H3/q+1. The van der Waals surface area contributed by atoms with Crippen molar-refractivity contribution in [3.8, 4) is 11.1 Å². The van der Waals surface area contributed by atoms with Crippen LogP contribution in [0, 0.1) is 12.3 Å². The fourth-order valence-electron chi connectivity index (χ4n) is 3.53. The van der Waals surface area contributed by atoms with Gasteiger partial charge in [-0.3, -0.25) is 4.79 Å². The van der Waals surface area contributed by atoms with Crippen molar-refractivity contribution in [2.45, 2.75) is 72.3 Å². The Bertz CT molecular complexity index is 841. The van der Waals surface area contributed by atoms with Crippen molar-refractivity contribution in [3.05, 3.63) is 53.9 Å². The van der Waals surface area contributed by atoms with Crippen molar-refractivity contribution in [2.75, 3.05) is 6.61 Å². The van der Waals surface area contributed by atoms with Crippen LogP contribution in [0.3, 0.4) is 0 Å². The summed E-state index contributed by atoms with van der Waals surface area (Å²) >= 11 is 0. The molecule has 0 aliphatic carbocycles. The molecule has 0 unspecified atom stereocenters. The molecule has 1 aromatic heterocycles. The molecule has 0 spiro atoms. The molecule has 2 rings (SSSR count). The van der Waals surface area contributed by atoms with Gasteiger partial charge in [0.2, 0.25) is 0 Å². The maximum Gasteiger partial charge on any atom is 0.305 e. The van der Waals surface area contributed by atoms with Crippen LogP contribution in [0.5, 0.6) is 0 Å². The second-order valence-electron chi connectivity index (χ2n) is 8.15. The number of rotatable bonds is 10. The predicted molar refractivity (Wildman–Crippen MR) is 118 cm³/mol. The Morgan fingerprint density at radius 1 is 1.10 bits per heavy atom. The minimum atomic E-state index is -0.319. The number of pyridine rings is 1. The highest BCUT2D eigenvalue weighted by molar-refractivity contribution is 5.90. The van der Waals surface area contributed by atoms with Crippen LogP contribution >= 0.6 is 0 Å². The van der Waals surface area contributed by atoms with Crippen molar-refractivity contribution >= 4 is 11.7 Å². The van der Waals surface area contributed by atoms with Crippen molar-refractivity contribution in [1.29, 1.82) is 5.41 Å². The van der Waals surface area contributed by atoms with E-state index in [2.05, 4.69) is 61.9 Å². The van der Waals surface area contributed by atoms with Gasteiger partial charge in [-0.2, -0.15) is 0 Å². The fraction of sp³-hybridized carbons (Fsp3) is 0.480. The number of unbranched alkanes of at least 4 members (excludes halogenated alkanes) is 2. The predicted octanol–water partition coefficient (Wildman–Crippen LogP) is 5.39. The molecule has 0 aliphatic rings. The Kier molecular flexibility index (Phi) is 8.12. The molecule has 0 aliphatic heterocycles. The van der Waals surface area contributed by atoms with E-state index >= 15 is 0 Å². The molecular formula is C25H35N2O2+. The number of benzene rings is 1. The minimum absolute atomic E-state index is 0.104. The van der Waals surface area contributed by atoms with Crippen LogP contribution in [-0.4, -0.2) is 18.3 Å². The monoisotopic (exact) mass is 395 g/mol. The smallest absolute Gasteiger partial charge is 0.305 e. The number of ether oxygens (including phenoxy) is 1. The molecule has 4 nitrogen and oxygen atoms in total. The Labute approximate surface area is 175 Å². The molecule has 1 N–H and O–H groups in total. The number of aryl methyl sites for hydroxylation is 1. The summed E-state index contributed by atoms with van der Waals surface area (Å²) in [6.07, 6.45) is 5.56. The molecule has 0 atom stereocenters. The zero-order valence-corrected chi connectivity index (χ0v) is 18.5. The summed E-state index contributed by atoms with van der Waals surface area (Å²) in [4.78, 5) is 11.5. The topological polar surface area (TPSA) is 54.0 Å². The summed E-state index contributed by atoms with van der Waals surface area (Å²) in [6.45, 7) is 11.5. The number of esters is 1. The lowest BCUT2D eigenvalue weighted by Crippen LogP contribution is -2.41. The SMILES string of the molecule is CCOC(=O)CCCCC[n+]1cc(-c2ccccc2)cc(C(C)(C)C(C)=N)c1C. The molecule has 0 saturated carbocycles. The van der Waals surface area contributed by atoms with Gasteiger partial charge in [0, 0.05) is 42.0 Å². The Balaban J connectivity index is 2.24.